The van der Waals surface area contributed by atoms with Gasteiger partial charge in [0.2, 0.25) is 5.91 Å². The van der Waals surface area contributed by atoms with Gasteiger partial charge in [0.15, 0.2) is 0 Å². The van der Waals surface area contributed by atoms with Crippen LogP contribution in [0.25, 0.3) is 0 Å². The van der Waals surface area contributed by atoms with E-state index in [0.29, 0.717) is 12.0 Å². The summed E-state index contributed by atoms with van der Waals surface area (Å²) < 4.78 is 0. The van der Waals surface area contributed by atoms with Gasteiger partial charge in [0.25, 0.3) is 0 Å². The van der Waals surface area contributed by atoms with Crippen molar-refractivity contribution >= 4 is 11.7 Å². The lowest BCUT2D eigenvalue weighted by Crippen LogP contribution is -2.49. The molecule has 1 aromatic rings. The molecule has 3 rings (SSSR count). The van der Waals surface area contributed by atoms with Crippen LogP contribution in [-0.2, 0) is 4.79 Å². The third kappa shape index (κ3) is 5.18. The van der Waals surface area contributed by atoms with Crippen LogP contribution in [0.4, 0.5) is 5.82 Å². The highest BCUT2D eigenvalue weighted by Gasteiger charge is 2.29. The molecule has 0 aliphatic carbocycles. The van der Waals surface area contributed by atoms with E-state index in [1.807, 2.05) is 24.4 Å². The van der Waals surface area contributed by atoms with E-state index in [2.05, 4.69) is 33.9 Å². The number of aromatic nitrogens is 1. The predicted molar refractivity (Wildman–Crippen MR) is 102 cm³/mol. The summed E-state index contributed by atoms with van der Waals surface area (Å²) in [6, 6.07) is 6.33. The van der Waals surface area contributed by atoms with Crippen LogP contribution in [0.3, 0.4) is 0 Å². The highest BCUT2D eigenvalue weighted by Crippen LogP contribution is 2.22. The van der Waals surface area contributed by atoms with Crippen molar-refractivity contribution < 1.29 is 4.79 Å². The van der Waals surface area contributed by atoms with Crippen LogP contribution in [-0.4, -0.2) is 54.6 Å². The number of carbonyl (C=O) groups excluding carboxylic acids is 1. The van der Waals surface area contributed by atoms with Crippen molar-refractivity contribution in [3.8, 4) is 0 Å². The number of piperidine rings is 2. The summed E-state index contributed by atoms with van der Waals surface area (Å²) in [4.78, 5) is 21.9. The minimum atomic E-state index is 0.0875. The minimum absolute atomic E-state index is 0.0875. The van der Waals surface area contributed by atoms with E-state index in [-0.39, 0.29) is 11.8 Å². The molecule has 0 spiro atoms. The Bertz CT molecular complexity index is 540. The number of hydrogen-bond donors (Lipinski definition) is 1. The van der Waals surface area contributed by atoms with Crippen molar-refractivity contribution in [2.45, 2.75) is 45.6 Å². The summed E-state index contributed by atoms with van der Waals surface area (Å²) in [7, 11) is 0. The molecule has 0 radical (unpaired) electrons. The Morgan fingerprint density at radius 3 is 2.72 bits per heavy atom. The summed E-state index contributed by atoms with van der Waals surface area (Å²) in [5.41, 5.74) is 0. The van der Waals surface area contributed by atoms with Gasteiger partial charge in [0, 0.05) is 45.0 Å². The second-order valence-corrected chi connectivity index (χ2v) is 7.95. The third-order valence-corrected chi connectivity index (χ3v) is 5.32. The minimum Gasteiger partial charge on any atom is -0.356 e. The van der Waals surface area contributed by atoms with Crippen LogP contribution in [0.15, 0.2) is 24.4 Å². The van der Waals surface area contributed by atoms with Gasteiger partial charge in [-0.2, -0.15) is 0 Å². The Morgan fingerprint density at radius 2 is 2.04 bits per heavy atom. The summed E-state index contributed by atoms with van der Waals surface area (Å²) in [5.74, 6) is 2.03. The number of nitrogens with zero attached hydrogens (tertiary/aromatic N) is 3. The fraction of sp³-hybridized carbons (Fsp3) is 0.700. The van der Waals surface area contributed by atoms with Crippen molar-refractivity contribution in [3.63, 3.8) is 0 Å². The summed E-state index contributed by atoms with van der Waals surface area (Å²) in [5, 5.41) is 3.32. The first-order chi connectivity index (χ1) is 12.1. The molecule has 2 aliphatic rings. The number of amides is 1. The molecule has 138 valence electrons. The third-order valence-electron chi connectivity index (χ3n) is 5.32. The Kier molecular flexibility index (Phi) is 6.29. The fourth-order valence-corrected chi connectivity index (χ4v) is 4.04. The molecule has 0 aromatic carbocycles. The van der Waals surface area contributed by atoms with Gasteiger partial charge in [-0.25, -0.2) is 4.98 Å². The summed E-state index contributed by atoms with van der Waals surface area (Å²) in [6.07, 6.45) is 6.02. The molecule has 1 amide bonds. The molecular formula is C20H32N4O. The first kappa shape index (κ1) is 18.2. The average Bonchev–Trinajstić information content (AvgIpc) is 2.64. The molecule has 1 aromatic heterocycles. The molecule has 1 N–H and O–H groups in total. The average molecular weight is 345 g/mol. The van der Waals surface area contributed by atoms with Gasteiger partial charge >= 0.3 is 0 Å². The lowest BCUT2D eigenvalue weighted by Gasteiger charge is -2.36. The first-order valence-corrected chi connectivity index (χ1v) is 9.80. The van der Waals surface area contributed by atoms with E-state index in [9.17, 15) is 4.79 Å². The monoisotopic (exact) mass is 344 g/mol. The molecule has 2 fully saturated rings. The topological polar surface area (TPSA) is 48.5 Å². The predicted octanol–water partition coefficient (Wildman–Crippen LogP) is 2.53. The molecule has 1 atom stereocenters. The molecular weight excluding hydrogens is 312 g/mol. The molecule has 1 unspecified atom stereocenters. The first-order valence-electron chi connectivity index (χ1n) is 9.80. The highest BCUT2D eigenvalue weighted by molar-refractivity contribution is 5.79. The van der Waals surface area contributed by atoms with E-state index < -0.39 is 0 Å². The maximum absolute atomic E-state index is 12.7. The van der Waals surface area contributed by atoms with Crippen molar-refractivity contribution in [2.24, 2.45) is 11.8 Å². The van der Waals surface area contributed by atoms with Crippen LogP contribution in [0.5, 0.6) is 0 Å². The lowest BCUT2D eigenvalue weighted by molar-refractivity contribution is -0.126. The number of likely N-dealkylation sites (tertiary alicyclic amines) is 1. The molecule has 0 bridgehead atoms. The Hall–Kier alpha value is -1.62. The summed E-state index contributed by atoms with van der Waals surface area (Å²) in [6.45, 7) is 9.70. The van der Waals surface area contributed by atoms with Crippen LogP contribution in [0.1, 0.15) is 39.5 Å². The molecule has 2 saturated heterocycles. The number of rotatable bonds is 5. The van der Waals surface area contributed by atoms with Crippen LogP contribution < -0.4 is 10.2 Å². The van der Waals surface area contributed by atoms with Crippen molar-refractivity contribution in [3.05, 3.63) is 24.4 Å². The van der Waals surface area contributed by atoms with Gasteiger partial charge in [-0.15, -0.1) is 0 Å². The van der Waals surface area contributed by atoms with Crippen LogP contribution in [0, 0.1) is 11.8 Å². The maximum Gasteiger partial charge on any atom is 0.225 e. The molecule has 25 heavy (non-hydrogen) atoms. The van der Waals surface area contributed by atoms with Crippen molar-refractivity contribution in [1.82, 2.24) is 15.2 Å². The SMILES string of the molecule is CC(C)CN1CCC(NC(=O)C2CCCN(c3ccccn3)C2)CC1. The molecule has 2 aliphatic heterocycles. The Balaban J connectivity index is 1.47. The van der Waals surface area contributed by atoms with E-state index in [0.717, 1.165) is 57.7 Å². The number of pyridine rings is 1. The van der Waals surface area contributed by atoms with E-state index >= 15 is 0 Å². The number of nitrogens with one attached hydrogen (secondary N) is 1. The number of carbonyl (C=O) groups is 1. The van der Waals surface area contributed by atoms with Gasteiger partial charge in [-0.3, -0.25) is 4.79 Å². The van der Waals surface area contributed by atoms with Crippen LogP contribution >= 0.6 is 0 Å². The zero-order valence-corrected chi connectivity index (χ0v) is 15.7. The zero-order chi connectivity index (χ0) is 17.6. The molecule has 0 saturated carbocycles. The fourth-order valence-electron chi connectivity index (χ4n) is 4.04. The van der Waals surface area contributed by atoms with Gasteiger partial charge in [0.1, 0.15) is 5.82 Å². The smallest absolute Gasteiger partial charge is 0.225 e. The van der Waals surface area contributed by atoms with Gasteiger partial charge in [0.05, 0.1) is 5.92 Å². The number of anilines is 1. The lowest BCUT2D eigenvalue weighted by atomic mass is 9.95. The normalized spacial score (nSPS) is 23.0. The standard InChI is InChI=1S/C20H32N4O/c1-16(2)14-23-12-8-18(9-13-23)22-20(25)17-6-5-11-24(15-17)19-7-3-4-10-21-19/h3-4,7,10,16-18H,5-6,8-9,11-15H2,1-2H3,(H,22,25). The second kappa shape index (κ2) is 8.65. The largest absolute Gasteiger partial charge is 0.356 e. The molecule has 5 nitrogen and oxygen atoms in total. The van der Waals surface area contributed by atoms with Gasteiger partial charge < -0.3 is 15.1 Å². The zero-order valence-electron chi connectivity index (χ0n) is 15.7. The van der Waals surface area contributed by atoms with E-state index in [1.54, 1.807) is 0 Å². The van der Waals surface area contributed by atoms with Gasteiger partial charge in [-0.05, 0) is 43.7 Å². The van der Waals surface area contributed by atoms with E-state index in [1.165, 1.54) is 6.54 Å². The quantitative estimate of drug-likeness (QED) is 0.892. The maximum atomic E-state index is 12.7. The Labute approximate surface area is 151 Å². The van der Waals surface area contributed by atoms with Crippen molar-refractivity contribution in [2.75, 3.05) is 37.6 Å². The van der Waals surface area contributed by atoms with Crippen LogP contribution in [0.2, 0.25) is 0 Å². The van der Waals surface area contributed by atoms with Crippen molar-refractivity contribution in [1.29, 1.82) is 0 Å². The Morgan fingerprint density at radius 1 is 1.24 bits per heavy atom. The second-order valence-electron chi connectivity index (χ2n) is 7.95. The molecule has 5 heteroatoms. The molecule has 3 heterocycles. The van der Waals surface area contributed by atoms with E-state index in [4.69, 9.17) is 0 Å². The number of hydrogen-bond acceptors (Lipinski definition) is 4. The summed E-state index contributed by atoms with van der Waals surface area (Å²) >= 11 is 0. The van der Waals surface area contributed by atoms with Gasteiger partial charge in [-0.1, -0.05) is 19.9 Å². The highest BCUT2D eigenvalue weighted by atomic mass is 16.2.